The maximum atomic E-state index is 15.1. The van der Waals surface area contributed by atoms with E-state index in [0.29, 0.717) is 50.5 Å². The Kier molecular flexibility index (Phi) is 10.4. The van der Waals surface area contributed by atoms with Crippen LogP contribution in [0.15, 0.2) is 91.0 Å². The smallest absolute Gasteiger partial charge is 0.359 e. The number of carbonyl (C=O) groups is 3. The van der Waals surface area contributed by atoms with E-state index in [0.717, 1.165) is 50.9 Å². The van der Waals surface area contributed by atoms with E-state index >= 15 is 4.57 Å². The summed E-state index contributed by atoms with van der Waals surface area (Å²) in [7, 11) is -4.72. The number of phosphoric ester groups is 1. The standard InChI is InChI=1S/C48H45N6O7P/c1-28-19-31(4)49-40(28)22-37-34-13-7-10-16-43(34)52(46(37)55)25-59-62(58,60-26-53-44-17-11-8-14-35(44)38(47(53)56)23-41-29(2)20-32(5)50-41)61-27-54-45-18-12-9-15-36(45)39(48(54)57)24-42-30(3)21-33(6)51-42/h7-24,49-51H,25-27H2,1-6H3/b37-22-,38-23-,39-24-. The Morgan fingerprint density at radius 1 is 0.468 bits per heavy atom. The third-order valence-electron chi connectivity index (χ3n) is 11.4. The van der Waals surface area contributed by atoms with Crippen LogP contribution in [0.3, 0.4) is 0 Å². The fraction of sp³-hybridized carbons (Fsp3) is 0.188. The number of nitrogens with zero attached hydrogens (tertiary/aromatic N) is 3. The van der Waals surface area contributed by atoms with Crippen LogP contribution in [0.4, 0.5) is 17.1 Å². The van der Waals surface area contributed by atoms with Crippen molar-refractivity contribution in [2.24, 2.45) is 0 Å². The quantitative estimate of drug-likeness (QED) is 0.0819. The average molecular weight is 849 g/mol. The Hall–Kier alpha value is -6.76. The van der Waals surface area contributed by atoms with E-state index in [1.54, 1.807) is 54.6 Å². The zero-order chi connectivity index (χ0) is 43.4. The lowest BCUT2D eigenvalue weighted by molar-refractivity contribution is -0.114. The molecule has 0 aliphatic carbocycles. The first-order valence-electron chi connectivity index (χ1n) is 20.2. The summed E-state index contributed by atoms with van der Waals surface area (Å²) in [5, 5.41) is 0. The van der Waals surface area contributed by atoms with Crippen LogP contribution in [0.2, 0.25) is 0 Å². The molecule has 6 aromatic rings. The average Bonchev–Trinajstić information content (AvgIpc) is 4.05. The molecule has 3 amide bonds. The predicted molar refractivity (Wildman–Crippen MR) is 242 cm³/mol. The van der Waals surface area contributed by atoms with Crippen molar-refractivity contribution in [1.29, 1.82) is 0 Å². The van der Waals surface area contributed by atoms with Crippen molar-refractivity contribution < 1.29 is 32.5 Å². The maximum Gasteiger partial charge on any atom is 0.480 e. The molecular formula is C48H45N6O7P. The second kappa shape index (κ2) is 15.9. The van der Waals surface area contributed by atoms with Crippen LogP contribution in [-0.4, -0.2) is 52.9 Å². The highest BCUT2D eigenvalue weighted by molar-refractivity contribution is 7.48. The van der Waals surface area contributed by atoms with Gasteiger partial charge in [0.2, 0.25) is 0 Å². The number of hydrogen-bond acceptors (Lipinski definition) is 7. The molecular weight excluding hydrogens is 804 g/mol. The van der Waals surface area contributed by atoms with Crippen LogP contribution in [0.5, 0.6) is 0 Å². The molecule has 0 saturated heterocycles. The van der Waals surface area contributed by atoms with Gasteiger partial charge in [-0.2, -0.15) is 0 Å². The number of aryl methyl sites for hydroxylation is 6. The summed E-state index contributed by atoms with van der Waals surface area (Å²) in [6.45, 7) is 10.1. The molecule has 62 heavy (non-hydrogen) atoms. The molecule has 314 valence electrons. The third-order valence-corrected chi connectivity index (χ3v) is 12.6. The molecule has 0 bridgehead atoms. The summed E-state index contributed by atoms with van der Waals surface area (Å²) in [5.74, 6) is -1.15. The number of H-pyrrole nitrogens is 3. The molecule has 9 rings (SSSR count). The monoisotopic (exact) mass is 848 g/mol. The van der Waals surface area contributed by atoms with Crippen LogP contribution < -0.4 is 14.7 Å². The summed E-state index contributed by atoms with van der Waals surface area (Å²) in [5.41, 5.74) is 13.0. The zero-order valence-corrected chi connectivity index (χ0v) is 36.1. The number of carbonyl (C=O) groups excluding carboxylic acids is 3. The topological polar surface area (TPSA) is 153 Å². The van der Waals surface area contributed by atoms with Crippen LogP contribution in [0.1, 0.15) is 67.5 Å². The number of anilines is 3. The summed E-state index contributed by atoms with van der Waals surface area (Å²) in [4.78, 5) is 56.6. The molecule has 0 saturated carbocycles. The van der Waals surface area contributed by atoms with E-state index in [1.165, 1.54) is 14.7 Å². The van der Waals surface area contributed by atoms with Gasteiger partial charge in [-0.3, -0.25) is 42.7 Å². The SMILES string of the molecule is Cc1cc(C)c(/C=C2\C(=O)N(COP(=O)(OCN3C(=O)/C(=C\c4[nH]c(C)cc4C)c4ccccc43)OCN3C(=O)/C(=C\c4[nH]c(C)cc4C)c4ccccc43)c3ccccc32)[nH]1. The van der Waals surface area contributed by atoms with Gasteiger partial charge in [-0.1, -0.05) is 54.6 Å². The van der Waals surface area contributed by atoms with E-state index in [9.17, 15) is 14.4 Å². The Morgan fingerprint density at radius 3 is 1.00 bits per heavy atom. The van der Waals surface area contributed by atoms with Gasteiger partial charge in [0.05, 0.1) is 33.8 Å². The molecule has 14 heteroatoms. The number of nitrogens with one attached hydrogen (secondary N) is 3. The maximum absolute atomic E-state index is 15.1. The minimum absolute atomic E-state index is 0.383. The van der Waals surface area contributed by atoms with Crippen molar-refractivity contribution in [2.75, 3.05) is 34.9 Å². The molecule has 0 spiro atoms. The largest absolute Gasteiger partial charge is 0.480 e. The molecule has 0 atom stereocenters. The zero-order valence-electron chi connectivity index (χ0n) is 35.2. The van der Waals surface area contributed by atoms with Crippen molar-refractivity contribution in [3.8, 4) is 0 Å². The highest BCUT2D eigenvalue weighted by atomic mass is 31.2. The van der Waals surface area contributed by atoms with Crippen molar-refractivity contribution >= 4 is 77.6 Å². The van der Waals surface area contributed by atoms with Crippen molar-refractivity contribution in [2.45, 2.75) is 41.5 Å². The third kappa shape index (κ3) is 7.39. The molecule has 3 aromatic carbocycles. The minimum atomic E-state index is -4.72. The van der Waals surface area contributed by atoms with Crippen LogP contribution in [0.25, 0.3) is 34.9 Å². The van der Waals surface area contributed by atoms with Gasteiger partial charge < -0.3 is 15.0 Å². The summed E-state index contributed by atoms with van der Waals surface area (Å²) in [6.07, 6.45) is 5.39. The summed E-state index contributed by atoms with van der Waals surface area (Å²) >= 11 is 0. The fourth-order valence-corrected chi connectivity index (χ4v) is 9.35. The number of rotatable bonds is 12. The van der Waals surface area contributed by atoms with Gasteiger partial charge in [0.15, 0.2) is 0 Å². The Bertz CT molecular complexity index is 2650. The lowest BCUT2D eigenvalue weighted by Gasteiger charge is -2.26. The first kappa shape index (κ1) is 40.6. The number of para-hydroxylation sites is 3. The molecule has 13 nitrogen and oxygen atoms in total. The molecule has 3 aliphatic heterocycles. The van der Waals surface area contributed by atoms with E-state index in [4.69, 9.17) is 13.6 Å². The van der Waals surface area contributed by atoms with Crippen molar-refractivity contribution in [3.63, 3.8) is 0 Å². The highest BCUT2D eigenvalue weighted by Crippen LogP contribution is 2.53. The Labute approximate surface area is 358 Å². The summed E-state index contributed by atoms with van der Waals surface area (Å²) < 4.78 is 33.3. The number of phosphoric acid groups is 1. The molecule has 0 radical (unpaired) electrons. The number of aromatic amines is 3. The molecule has 3 aromatic heterocycles. The number of benzene rings is 3. The Balaban J connectivity index is 1.03. The predicted octanol–water partition coefficient (Wildman–Crippen LogP) is 9.61. The number of fused-ring (bicyclic) bond motifs is 3. The van der Waals surface area contributed by atoms with E-state index in [-0.39, 0.29) is 17.7 Å². The Morgan fingerprint density at radius 2 is 0.742 bits per heavy atom. The van der Waals surface area contributed by atoms with Crippen LogP contribution in [0, 0.1) is 41.5 Å². The summed E-state index contributed by atoms with van der Waals surface area (Å²) in [6, 6.07) is 27.8. The van der Waals surface area contributed by atoms with E-state index in [1.807, 2.05) is 96.1 Å². The lowest BCUT2D eigenvalue weighted by Crippen LogP contribution is -2.32. The van der Waals surface area contributed by atoms with Gasteiger partial charge in [0, 0.05) is 50.9 Å². The highest BCUT2D eigenvalue weighted by Gasteiger charge is 2.41. The lowest BCUT2D eigenvalue weighted by atomic mass is 10.1. The van der Waals surface area contributed by atoms with E-state index in [2.05, 4.69) is 15.0 Å². The molecule has 3 aliphatic rings. The van der Waals surface area contributed by atoms with Gasteiger partial charge in [-0.15, -0.1) is 0 Å². The number of hydrogen-bond donors (Lipinski definition) is 3. The fourth-order valence-electron chi connectivity index (χ4n) is 8.35. The second-order valence-electron chi connectivity index (χ2n) is 15.8. The molecule has 3 N–H and O–H groups in total. The minimum Gasteiger partial charge on any atom is -0.359 e. The molecule has 6 heterocycles. The van der Waals surface area contributed by atoms with Gasteiger partial charge >= 0.3 is 7.82 Å². The van der Waals surface area contributed by atoms with Gasteiger partial charge in [-0.05, 0) is 113 Å². The molecule has 0 fully saturated rings. The first-order valence-corrected chi connectivity index (χ1v) is 21.7. The van der Waals surface area contributed by atoms with Crippen LogP contribution in [-0.2, 0) is 32.5 Å². The van der Waals surface area contributed by atoms with Crippen LogP contribution >= 0.6 is 7.82 Å². The molecule has 0 unspecified atom stereocenters. The van der Waals surface area contributed by atoms with Gasteiger partial charge in [0.25, 0.3) is 17.7 Å². The van der Waals surface area contributed by atoms with Crippen molar-refractivity contribution in [3.05, 3.63) is 159 Å². The number of amides is 3. The van der Waals surface area contributed by atoms with Crippen molar-refractivity contribution in [1.82, 2.24) is 15.0 Å². The van der Waals surface area contributed by atoms with Gasteiger partial charge in [0.1, 0.15) is 20.2 Å². The number of aromatic nitrogens is 3. The van der Waals surface area contributed by atoms with Gasteiger partial charge in [-0.25, -0.2) is 4.57 Å². The normalized spacial score (nSPS) is 16.8. The van der Waals surface area contributed by atoms with E-state index < -0.39 is 28.0 Å². The first-order chi connectivity index (χ1) is 29.8. The second-order valence-corrected chi connectivity index (χ2v) is 17.5.